The van der Waals surface area contributed by atoms with Crippen molar-refractivity contribution in [2.24, 2.45) is 0 Å². The van der Waals surface area contributed by atoms with E-state index in [-0.39, 0.29) is 23.8 Å². The third-order valence-electron chi connectivity index (χ3n) is 2.82. The minimum atomic E-state index is -3.87. The average molecular weight is 329 g/mol. The fraction of sp³-hybridized carbons (Fsp3) is 0.231. The average Bonchev–Trinajstić information content (AvgIpc) is 2.45. The Labute approximate surface area is 126 Å². The van der Waals surface area contributed by atoms with Crippen LogP contribution >= 0.6 is 10.7 Å². The molecule has 0 fully saturated rings. The molecule has 2 rings (SSSR count). The maximum Gasteiger partial charge on any atom is 0.261 e. The Kier molecular flexibility index (Phi) is 4.64. The molecule has 0 atom stereocenters. The van der Waals surface area contributed by atoms with Gasteiger partial charge < -0.3 is 10.1 Å². The van der Waals surface area contributed by atoms with E-state index in [0.29, 0.717) is 16.7 Å². The summed E-state index contributed by atoms with van der Waals surface area (Å²) in [7, 11) is 3.07. The lowest BCUT2D eigenvalue weighted by molar-refractivity contribution is -0.121. The van der Waals surface area contributed by atoms with Gasteiger partial charge in [0.25, 0.3) is 9.05 Å². The van der Waals surface area contributed by atoms with Gasteiger partial charge in [0.05, 0.1) is 17.9 Å². The van der Waals surface area contributed by atoms with Gasteiger partial charge in [-0.3, -0.25) is 9.78 Å². The lowest BCUT2D eigenvalue weighted by Crippen LogP contribution is -2.20. The number of ether oxygens (including phenoxy) is 1. The second-order valence-electron chi connectivity index (χ2n) is 4.17. The third-order valence-corrected chi connectivity index (χ3v) is 4.20. The number of nitrogens with one attached hydrogen (secondary N) is 1. The molecule has 1 N–H and O–H groups in total. The smallest absolute Gasteiger partial charge is 0.261 e. The van der Waals surface area contributed by atoms with Crippen LogP contribution in [0.1, 0.15) is 6.42 Å². The lowest BCUT2D eigenvalue weighted by Gasteiger charge is -2.10. The fourth-order valence-corrected chi connectivity index (χ4v) is 2.89. The van der Waals surface area contributed by atoms with Crippen molar-refractivity contribution in [3.8, 4) is 5.75 Å². The Balaban J connectivity index is 2.37. The summed E-state index contributed by atoms with van der Waals surface area (Å²) in [5.74, 6) is 0.255. The monoisotopic (exact) mass is 328 g/mol. The quantitative estimate of drug-likeness (QED) is 0.844. The van der Waals surface area contributed by atoms with Gasteiger partial charge in [-0.15, -0.1) is 0 Å². The molecule has 0 bridgehead atoms. The summed E-state index contributed by atoms with van der Waals surface area (Å²) < 4.78 is 28.6. The number of nitrogens with zero attached hydrogens (tertiary/aromatic N) is 1. The van der Waals surface area contributed by atoms with Crippen LogP contribution in [0.3, 0.4) is 0 Å². The van der Waals surface area contributed by atoms with E-state index in [1.165, 1.54) is 18.3 Å². The number of rotatable bonds is 5. The zero-order chi connectivity index (χ0) is 15.5. The minimum Gasteiger partial charge on any atom is -0.491 e. The number of carbonyl (C=O) groups excluding carboxylic acids is 1. The van der Waals surface area contributed by atoms with E-state index in [4.69, 9.17) is 15.4 Å². The first-order valence-electron chi connectivity index (χ1n) is 6.09. The summed E-state index contributed by atoms with van der Waals surface area (Å²) in [5, 5.41) is 2.87. The molecule has 0 radical (unpaired) electrons. The molecule has 21 heavy (non-hydrogen) atoms. The Hall–Kier alpha value is -1.86. The number of amides is 1. The van der Waals surface area contributed by atoms with Gasteiger partial charge in [0.15, 0.2) is 0 Å². The van der Waals surface area contributed by atoms with Crippen LogP contribution < -0.4 is 10.1 Å². The van der Waals surface area contributed by atoms with Crippen LogP contribution in [0, 0.1) is 0 Å². The number of halogens is 1. The van der Waals surface area contributed by atoms with Crippen LogP contribution in [0.15, 0.2) is 35.4 Å². The topological polar surface area (TPSA) is 85.4 Å². The first-order valence-corrected chi connectivity index (χ1v) is 8.40. The lowest BCUT2D eigenvalue weighted by atomic mass is 10.2. The predicted octanol–water partition coefficient (Wildman–Crippen LogP) is 1.68. The Bertz CT molecular complexity index is 777. The summed E-state index contributed by atoms with van der Waals surface area (Å²) in [6.07, 6.45) is 1.72. The first kappa shape index (κ1) is 15.5. The second kappa shape index (κ2) is 6.28. The first-order chi connectivity index (χ1) is 9.93. The van der Waals surface area contributed by atoms with Crippen LogP contribution in [-0.2, 0) is 13.8 Å². The zero-order valence-corrected chi connectivity index (χ0v) is 12.7. The van der Waals surface area contributed by atoms with Gasteiger partial charge in [0.1, 0.15) is 11.3 Å². The van der Waals surface area contributed by atoms with Gasteiger partial charge in [-0.2, -0.15) is 0 Å². The zero-order valence-electron chi connectivity index (χ0n) is 11.2. The summed E-state index contributed by atoms with van der Waals surface area (Å²) in [6, 6.07) is 6.06. The maximum atomic E-state index is 11.5. The van der Waals surface area contributed by atoms with Gasteiger partial charge in [-0.25, -0.2) is 8.42 Å². The number of carbonyl (C=O) groups is 1. The van der Waals surface area contributed by atoms with E-state index >= 15 is 0 Å². The summed E-state index contributed by atoms with van der Waals surface area (Å²) in [5.41, 5.74) is 0.385. The molecule has 1 aromatic carbocycles. The Morgan fingerprint density at radius 1 is 1.38 bits per heavy atom. The van der Waals surface area contributed by atoms with E-state index in [2.05, 4.69) is 10.3 Å². The van der Waals surface area contributed by atoms with E-state index in [1.807, 2.05) is 0 Å². The van der Waals surface area contributed by atoms with Gasteiger partial charge in [0, 0.05) is 29.3 Å². The molecule has 0 saturated carbocycles. The molecule has 0 spiro atoms. The Morgan fingerprint density at radius 2 is 2.14 bits per heavy atom. The molecule has 0 aliphatic carbocycles. The summed E-state index contributed by atoms with van der Waals surface area (Å²) >= 11 is 0. The van der Waals surface area contributed by atoms with Crippen molar-refractivity contribution in [1.29, 1.82) is 0 Å². The highest BCUT2D eigenvalue weighted by Crippen LogP contribution is 2.31. The third kappa shape index (κ3) is 3.62. The second-order valence-corrected chi connectivity index (χ2v) is 6.71. The van der Waals surface area contributed by atoms with Gasteiger partial charge >= 0.3 is 0 Å². The maximum absolute atomic E-state index is 11.5. The van der Waals surface area contributed by atoms with Gasteiger partial charge in [0.2, 0.25) is 5.91 Å². The predicted molar refractivity (Wildman–Crippen MR) is 79.0 cm³/mol. The number of hydrogen-bond acceptors (Lipinski definition) is 5. The molecular formula is C13H13ClN2O4S. The molecule has 0 unspecified atom stereocenters. The summed E-state index contributed by atoms with van der Waals surface area (Å²) in [4.78, 5) is 15.3. The fourth-order valence-electron chi connectivity index (χ4n) is 1.83. The number of benzene rings is 1. The molecule has 2 aromatic rings. The molecule has 0 aliphatic heterocycles. The van der Waals surface area contributed by atoms with Crippen molar-refractivity contribution in [3.05, 3.63) is 30.5 Å². The van der Waals surface area contributed by atoms with Crippen LogP contribution in [0.4, 0.5) is 0 Å². The van der Waals surface area contributed by atoms with Crippen molar-refractivity contribution in [2.75, 3.05) is 13.7 Å². The number of fused-ring (bicyclic) bond motifs is 1. The van der Waals surface area contributed by atoms with Crippen LogP contribution in [0.25, 0.3) is 10.9 Å². The van der Waals surface area contributed by atoms with Gasteiger partial charge in [-0.1, -0.05) is 0 Å². The van der Waals surface area contributed by atoms with Crippen molar-refractivity contribution >= 4 is 36.5 Å². The van der Waals surface area contributed by atoms with Crippen molar-refractivity contribution in [2.45, 2.75) is 11.3 Å². The molecule has 8 heteroatoms. The van der Waals surface area contributed by atoms with Crippen molar-refractivity contribution in [3.63, 3.8) is 0 Å². The van der Waals surface area contributed by atoms with Crippen molar-refractivity contribution < 1.29 is 17.9 Å². The highest BCUT2D eigenvalue weighted by Gasteiger charge is 2.17. The van der Waals surface area contributed by atoms with Gasteiger partial charge in [-0.05, 0) is 24.3 Å². The minimum absolute atomic E-state index is 0.0223. The SMILES string of the molecule is CNC(=O)CCOc1ccc(S(=O)(=O)Cl)c2cccnc12. The Morgan fingerprint density at radius 3 is 2.81 bits per heavy atom. The molecule has 112 valence electrons. The van der Waals surface area contributed by atoms with E-state index in [1.54, 1.807) is 19.2 Å². The molecule has 6 nitrogen and oxygen atoms in total. The molecule has 1 aromatic heterocycles. The summed E-state index contributed by atoms with van der Waals surface area (Å²) in [6.45, 7) is 0.165. The highest BCUT2D eigenvalue weighted by molar-refractivity contribution is 8.14. The number of aromatic nitrogens is 1. The molecule has 1 amide bonds. The number of hydrogen-bond donors (Lipinski definition) is 1. The molecule has 1 heterocycles. The highest BCUT2D eigenvalue weighted by atomic mass is 35.7. The van der Waals surface area contributed by atoms with Crippen molar-refractivity contribution in [1.82, 2.24) is 10.3 Å². The molecule has 0 aliphatic rings. The van der Waals surface area contributed by atoms with E-state index in [9.17, 15) is 13.2 Å². The standard InChI is InChI=1S/C13H13ClN2O4S/c1-15-12(17)6-8-20-10-4-5-11(21(14,18)19)9-3-2-7-16-13(9)10/h2-5,7H,6,8H2,1H3,(H,15,17). The molecular weight excluding hydrogens is 316 g/mol. The number of pyridine rings is 1. The van der Waals surface area contributed by atoms with Crippen LogP contribution in [0.2, 0.25) is 0 Å². The van der Waals surface area contributed by atoms with Crippen LogP contribution in [-0.4, -0.2) is 33.0 Å². The van der Waals surface area contributed by atoms with Crippen LogP contribution in [0.5, 0.6) is 5.75 Å². The van der Waals surface area contributed by atoms with E-state index in [0.717, 1.165) is 0 Å². The largest absolute Gasteiger partial charge is 0.491 e. The van der Waals surface area contributed by atoms with E-state index < -0.39 is 9.05 Å². The normalized spacial score (nSPS) is 11.3. The molecule has 0 saturated heterocycles.